The average Bonchev–Trinajstić information content (AvgIpc) is 2.70. The predicted molar refractivity (Wildman–Crippen MR) is 110 cm³/mol. The Kier molecular flexibility index (Phi) is 4.96. The lowest BCUT2D eigenvalue weighted by Crippen LogP contribution is -2.06. The van der Waals surface area contributed by atoms with Crippen molar-refractivity contribution in [3.05, 3.63) is 76.8 Å². The molecule has 148 valence electrons. The summed E-state index contributed by atoms with van der Waals surface area (Å²) < 4.78 is 43.7. The van der Waals surface area contributed by atoms with Crippen molar-refractivity contribution in [3.63, 3.8) is 0 Å². The van der Waals surface area contributed by atoms with Gasteiger partial charge in [-0.25, -0.2) is 4.98 Å². The van der Waals surface area contributed by atoms with E-state index in [0.29, 0.717) is 17.3 Å². The second-order valence-electron chi connectivity index (χ2n) is 6.58. The highest BCUT2D eigenvalue weighted by atomic mass is 35.5. The zero-order chi connectivity index (χ0) is 20.6. The molecule has 1 aromatic heterocycles. The van der Waals surface area contributed by atoms with Gasteiger partial charge in [0.1, 0.15) is 5.75 Å². The van der Waals surface area contributed by atoms with Crippen molar-refractivity contribution < 1.29 is 17.9 Å². The molecule has 0 bridgehead atoms. The summed E-state index contributed by atoms with van der Waals surface area (Å²) in [4.78, 5) is 4.66. The third-order valence-electron chi connectivity index (χ3n) is 4.69. The van der Waals surface area contributed by atoms with Gasteiger partial charge in [0.25, 0.3) is 0 Å². The fourth-order valence-electron chi connectivity index (χ4n) is 3.22. The van der Waals surface area contributed by atoms with Crippen LogP contribution < -0.4 is 10.1 Å². The molecule has 0 unspecified atom stereocenters. The third-order valence-corrected chi connectivity index (χ3v) is 4.93. The topological polar surface area (TPSA) is 34.1 Å². The first kappa shape index (κ1) is 19.3. The van der Waals surface area contributed by atoms with Crippen LogP contribution in [0.3, 0.4) is 0 Å². The molecule has 4 aromatic rings. The number of anilines is 1. The first-order chi connectivity index (χ1) is 13.8. The smallest absolute Gasteiger partial charge is 0.416 e. The fraction of sp³-hybridized carbons (Fsp3) is 0.136. The Bertz CT molecular complexity index is 1190. The lowest BCUT2D eigenvalue weighted by Gasteiger charge is -2.15. The Hall–Kier alpha value is -2.99. The van der Waals surface area contributed by atoms with Crippen molar-refractivity contribution in [2.45, 2.75) is 12.7 Å². The summed E-state index contributed by atoms with van der Waals surface area (Å²) in [6, 6.07) is 16.1. The average molecular weight is 417 g/mol. The number of methoxy groups -OCH3 is 1. The summed E-state index contributed by atoms with van der Waals surface area (Å²) in [6.45, 7) is 0.353. The van der Waals surface area contributed by atoms with E-state index in [0.717, 1.165) is 45.2 Å². The SMILES string of the molecule is COc1ccc2nc3cc(Cl)ccc3c(NCc3ccc(C(F)(F)F)cc3)c2c1. The number of aromatic nitrogens is 1. The monoisotopic (exact) mass is 416 g/mol. The van der Waals surface area contributed by atoms with Gasteiger partial charge in [-0.3, -0.25) is 0 Å². The minimum Gasteiger partial charge on any atom is -0.497 e. The zero-order valence-corrected chi connectivity index (χ0v) is 16.1. The highest BCUT2D eigenvalue weighted by Crippen LogP contribution is 2.35. The first-order valence-electron chi connectivity index (χ1n) is 8.82. The standard InChI is InChI=1S/C22H16ClF3N2O/c1-29-16-7-9-19-18(11-16)21(17-8-6-15(23)10-20(17)28-19)27-12-13-2-4-14(5-3-13)22(24,25)26/h2-11H,12H2,1H3,(H,27,28). The van der Waals surface area contributed by atoms with Crippen LogP contribution >= 0.6 is 11.6 Å². The molecule has 1 heterocycles. The van der Waals surface area contributed by atoms with Gasteiger partial charge in [0.2, 0.25) is 0 Å². The van der Waals surface area contributed by atoms with Crippen molar-refractivity contribution in [2.24, 2.45) is 0 Å². The van der Waals surface area contributed by atoms with E-state index in [9.17, 15) is 13.2 Å². The van der Waals surface area contributed by atoms with E-state index >= 15 is 0 Å². The molecule has 4 rings (SSSR count). The minimum absolute atomic E-state index is 0.353. The summed E-state index contributed by atoms with van der Waals surface area (Å²) in [6.07, 6.45) is -4.35. The quantitative estimate of drug-likeness (QED) is 0.377. The molecular formula is C22H16ClF3N2O. The molecule has 3 nitrogen and oxygen atoms in total. The van der Waals surface area contributed by atoms with Gasteiger partial charge in [0.05, 0.1) is 29.4 Å². The highest BCUT2D eigenvalue weighted by Gasteiger charge is 2.29. The van der Waals surface area contributed by atoms with Gasteiger partial charge in [-0.1, -0.05) is 23.7 Å². The molecule has 7 heteroatoms. The first-order valence-corrected chi connectivity index (χ1v) is 9.20. The number of rotatable bonds is 4. The van der Waals surface area contributed by atoms with E-state index < -0.39 is 11.7 Å². The van der Waals surface area contributed by atoms with Gasteiger partial charge in [0, 0.05) is 22.3 Å². The Balaban J connectivity index is 1.76. The summed E-state index contributed by atoms with van der Waals surface area (Å²) >= 11 is 6.12. The van der Waals surface area contributed by atoms with E-state index in [1.165, 1.54) is 12.1 Å². The van der Waals surface area contributed by atoms with Gasteiger partial charge in [-0.15, -0.1) is 0 Å². The van der Waals surface area contributed by atoms with Crippen molar-refractivity contribution in [3.8, 4) is 5.75 Å². The molecular weight excluding hydrogens is 401 g/mol. The molecule has 0 saturated carbocycles. The number of nitrogens with zero attached hydrogens (tertiary/aromatic N) is 1. The van der Waals surface area contributed by atoms with Gasteiger partial charge in [-0.2, -0.15) is 13.2 Å². The molecule has 0 aliphatic carbocycles. The maximum atomic E-state index is 12.8. The molecule has 0 atom stereocenters. The lowest BCUT2D eigenvalue weighted by molar-refractivity contribution is -0.137. The molecule has 3 aromatic carbocycles. The number of ether oxygens (including phenoxy) is 1. The Morgan fingerprint density at radius 3 is 2.38 bits per heavy atom. The van der Waals surface area contributed by atoms with E-state index in [4.69, 9.17) is 16.3 Å². The fourth-order valence-corrected chi connectivity index (χ4v) is 3.38. The number of fused-ring (bicyclic) bond motifs is 2. The van der Waals surface area contributed by atoms with Crippen molar-refractivity contribution in [2.75, 3.05) is 12.4 Å². The van der Waals surface area contributed by atoms with Gasteiger partial charge < -0.3 is 10.1 Å². The number of hydrogen-bond acceptors (Lipinski definition) is 3. The van der Waals surface area contributed by atoms with E-state index in [-0.39, 0.29) is 0 Å². The normalized spacial score (nSPS) is 11.8. The Labute approximate surface area is 170 Å². The van der Waals surface area contributed by atoms with Crippen LogP contribution in [-0.4, -0.2) is 12.1 Å². The second-order valence-corrected chi connectivity index (χ2v) is 7.02. The zero-order valence-electron chi connectivity index (χ0n) is 15.3. The van der Waals surface area contributed by atoms with E-state index in [1.807, 2.05) is 24.3 Å². The van der Waals surface area contributed by atoms with Gasteiger partial charge >= 0.3 is 6.18 Å². The predicted octanol–water partition coefficient (Wildman–Crippen LogP) is 6.68. The summed E-state index contributed by atoms with van der Waals surface area (Å²) in [5.41, 5.74) is 2.37. The molecule has 0 spiro atoms. The number of hydrogen-bond donors (Lipinski definition) is 1. The van der Waals surface area contributed by atoms with Crippen LogP contribution in [0.15, 0.2) is 60.7 Å². The number of benzene rings is 3. The Morgan fingerprint density at radius 1 is 0.931 bits per heavy atom. The Morgan fingerprint density at radius 2 is 1.69 bits per heavy atom. The largest absolute Gasteiger partial charge is 0.497 e. The van der Waals surface area contributed by atoms with Gasteiger partial charge in [0.15, 0.2) is 0 Å². The highest BCUT2D eigenvalue weighted by molar-refractivity contribution is 6.31. The molecule has 1 N–H and O–H groups in total. The summed E-state index contributed by atoms with van der Waals surface area (Å²) in [5.74, 6) is 0.685. The lowest BCUT2D eigenvalue weighted by atomic mass is 10.1. The van der Waals surface area contributed by atoms with Crippen LogP contribution in [0.4, 0.5) is 18.9 Å². The molecule has 29 heavy (non-hydrogen) atoms. The van der Waals surface area contributed by atoms with Crippen molar-refractivity contribution in [1.29, 1.82) is 0 Å². The van der Waals surface area contributed by atoms with E-state index in [2.05, 4.69) is 10.3 Å². The van der Waals surface area contributed by atoms with Crippen LogP contribution in [0.5, 0.6) is 5.75 Å². The van der Waals surface area contributed by atoms with Gasteiger partial charge in [-0.05, 0) is 54.1 Å². The van der Waals surface area contributed by atoms with Crippen LogP contribution in [0.25, 0.3) is 21.8 Å². The summed E-state index contributed by atoms with van der Waals surface area (Å²) in [5, 5.41) is 5.65. The second kappa shape index (κ2) is 7.44. The van der Waals surface area contributed by atoms with Crippen LogP contribution in [0.1, 0.15) is 11.1 Å². The van der Waals surface area contributed by atoms with Crippen LogP contribution in [0, 0.1) is 0 Å². The molecule has 0 radical (unpaired) electrons. The molecule has 0 fully saturated rings. The number of pyridine rings is 1. The summed E-state index contributed by atoms with van der Waals surface area (Å²) in [7, 11) is 1.59. The molecule has 0 aliphatic heterocycles. The van der Waals surface area contributed by atoms with Crippen molar-refractivity contribution >= 4 is 39.1 Å². The number of halogens is 4. The third kappa shape index (κ3) is 3.93. The van der Waals surface area contributed by atoms with E-state index in [1.54, 1.807) is 19.2 Å². The molecule has 0 saturated heterocycles. The molecule has 0 aliphatic rings. The maximum Gasteiger partial charge on any atom is 0.416 e. The number of nitrogens with one attached hydrogen (secondary N) is 1. The number of alkyl halides is 3. The van der Waals surface area contributed by atoms with Crippen LogP contribution in [0.2, 0.25) is 5.02 Å². The maximum absolute atomic E-state index is 12.8. The van der Waals surface area contributed by atoms with Crippen LogP contribution in [-0.2, 0) is 12.7 Å². The van der Waals surface area contributed by atoms with Crippen molar-refractivity contribution in [1.82, 2.24) is 4.98 Å². The molecule has 0 amide bonds. The minimum atomic E-state index is -4.35.